The Morgan fingerprint density at radius 1 is 1.18 bits per heavy atom. The van der Waals surface area contributed by atoms with Crippen molar-refractivity contribution in [1.82, 2.24) is 0 Å². The largest absolute Gasteiger partial charge is 0.381 e. The number of ether oxygens (including phenoxy) is 1. The molecule has 0 saturated carbocycles. The quantitative estimate of drug-likeness (QED) is 0.492. The third-order valence-corrected chi connectivity index (χ3v) is 1.42. The van der Waals surface area contributed by atoms with Crippen molar-refractivity contribution >= 4 is 0 Å². The van der Waals surface area contributed by atoms with Gasteiger partial charge in [-0.3, -0.25) is 0 Å². The maximum Gasteiger partial charge on any atom is 0.0517 e. The summed E-state index contributed by atoms with van der Waals surface area (Å²) in [5.41, 5.74) is 0.472. The van der Waals surface area contributed by atoms with Crippen molar-refractivity contribution < 1.29 is 4.74 Å². The van der Waals surface area contributed by atoms with E-state index in [1.807, 2.05) is 13.8 Å². The van der Waals surface area contributed by atoms with E-state index in [4.69, 9.17) is 4.74 Å². The molecule has 68 valence electrons. The summed E-state index contributed by atoms with van der Waals surface area (Å²) >= 11 is 0. The Labute approximate surface area is 71.5 Å². The van der Waals surface area contributed by atoms with Crippen LogP contribution in [0.25, 0.3) is 0 Å². The second-order valence-corrected chi connectivity index (χ2v) is 2.97. The van der Waals surface area contributed by atoms with Crippen molar-refractivity contribution in [2.75, 3.05) is 13.2 Å². The molecular formula is C10H22O. The van der Waals surface area contributed by atoms with Gasteiger partial charge in [-0.15, -0.1) is 13.2 Å². The Bertz CT molecular complexity index is 68.9. The minimum atomic E-state index is 0.472. The Kier molecular flexibility index (Phi) is 9.44. The van der Waals surface area contributed by atoms with Gasteiger partial charge < -0.3 is 4.74 Å². The van der Waals surface area contributed by atoms with Crippen LogP contribution in [0.15, 0.2) is 13.2 Å². The Balaban J connectivity index is 0. The van der Waals surface area contributed by atoms with Crippen molar-refractivity contribution in [1.29, 1.82) is 0 Å². The first-order chi connectivity index (χ1) is 5.21. The van der Waals surface area contributed by atoms with Crippen LogP contribution in [0.2, 0.25) is 0 Å². The van der Waals surface area contributed by atoms with Crippen molar-refractivity contribution in [3.63, 3.8) is 0 Å². The van der Waals surface area contributed by atoms with Crippen LogP contribution in [-0.2, 0) is 4.74 Å². The lowest BCUT2D eigenvalue weighted by molar-refractivity contribution is 0.167. The Morgan fingerprint density at radius 2 is 1.64 bits per heavy atom. The highest BCUT2D eigenvalue weighted by molar-refractivity contribution is 4.71. The molecule has 1 aliphatic heterocycles. The van der Waals surface area contributed by atoms with Crippen LogP contribution in [0.1, 0.15) is 34.1 Å². The van der Waals surface area contributed by atoms with Gasteiger partial charge in [0.25, 0.3) is 0 Å². The highest BCUT2D eigenvalue weighted by atomic mass is 16.5. The molecule has 1 rings (SSSR count). The molecule has 1 saturated heterocycles. The standard InChI is InChI=1S/C6H12O.C2H6.C2H4/c1-6(2)3-4-7-5-6;2*1-2/h3-5H2,1-2H3;1-2H3;1-2H2. The maximum atomic E-state index is 5.16. The summed E-state index contributed by atoms with van der Waals surface area (Å²) < 4.78 is 5.16. The predicted molar refractivity (Wildman–Crippen MR) is 51.8 cm³/mol. The molecule has 0 aromatic heterocycles. The van der Waals surface area contributed by atoms with Gasteiger partial charge >= 0.3 is 0 Å². The molecule has 1 fully saturated rings. The maximum absolute atomic E-state index is 5.16. The minimum absolute atomic E-state index is 0.472. The Hall–Kier alpha value is -0.300. The van der Waals surface area contributed by atoms with E-state index in [9.17, 15) is 0 Å². The molecule has 0 N–H and O–H groups in total. The van der Waals surface area contributed by atoms with Crippen molar-refractivity contribution in [3.05, 3.63) is 13.2 Å². The average molecular weight is 158 g/mol. The molecule has 0 aromatic carbocycles. The van der Waals surface area contributed by atoms with E-state index in [2.05, 4.69) is 27.0 Å². The van der Waals surface area contributed by atoms with E-state index >= 15 is 0 Å². The lowest BCUT2D eigenvalue weighted by Gasteiger charge is -2.11. The van der Waals surface area contributed by atoms with Crippen LogP contribution < -0.4 is 0 Å². The molecule has 0 unspecified atom stereocenters. The summed E-state index contributed by atoms with van der Waals surface area (Å²) in [5, 5.41) is 0. The van der Waals surface area contributed by atoms with E-state index in [1.54, 1.807) is 0 Å². The molecule has 1 heteroatoms. The first kappa shape index (κ1) is 13.3. The summed E-state index contributed by atoms with van der Waals surface area (Å²) in [6, 6.07) is 0. The van der Waals surface area contributed by atoms with Crippen LogP contribution >= 0.6 is 0 Å². The fraction of sp³-hybridized carbons (Fsp3) is 0.800. The monoisotopic (exact) mass is 158 g/mol. The van der Waals surface area contributed by atoms with E-state index in [1.165, 1.54) is 6.42 Å². The normalized spacial score (nSPS) is 18.9. The molecule has 0 bridgehead atoms. The van der Waals surface area contributed by atoms with Gasteiger partial charge in [0.05, 0.1) is 6.61 Å². The summed E-state index contributed by atoms with van der Waals surface area (Å²) in [7, 11) is 0. The number of rotatable bonds is 0. The zero-order valence-electron chi connectivity index (χ0n) is 8.44. The first-order valence-corrected chi connectivity index (χ1v) is 4.28. The van der Waals surface area contributed by atoms with Crippen LogP contribution in [0.5, 0.6) is 0 Å². The zero-order chi connectivity index (χ0) is 9.33. The smallest absolute Gasteiger partial charge is 0.0517 e. The lowest BCUT2D eigenvalue weighted by Crippen LogP contribution is -2.08. The van der Waals surface area contributed by atoms with Crippen molar-refractivity contribution in [3.8, 4) is 0 Å². The van der Waals surface area contributed by atoms with Crippen molar-refractivity contribution in [2.45, 2.75) is 34.1 Å². The van der Waals surface area contributed by atoms with Gasteiger partial charge in [-0.05, 0) is 11.8 Å². The van der Waals surface area contributed by atoms with Crippen LogP contribution in [-0.4, -0.2) is 13.2 Å². The van der Waals surface area contributed by atoms with Crippen LogP contribution in [0.3, 0.4) is 0 Å². The second-order valence-electron chi connectivity index (χ2n) is 2.97. The zero-order valence-corrected chi connectivity index (χ0v) is 8.44. The molecule has 1 aliphatic rings. The van der Waals surface area contributed by atoms with E-state index in [-0.39, 0.29) is 0 Å². The van der Waals surface area contributed by atoms with Crippen molar-refractivity contribution in [2.24, 2.45) is 5.41 Å². The van der Waals surface area contributed by atoms with Gasteiger partial charge in [-0.1, -0.05) is 27.7 Å². The van der Waals surface area contributed by atoms with E-state index < -0.39 is 0 Å². The molecule has 0 aliphatic carbocycles. The Morgan fingerprint density at radius 3 is 1.73 bits per heavy atom. The number of hydrogen-bond donors (Lipinski definition) is 0. The second kappa shape index (κ2) is 7.80. The van der Waals surface area contributed by atoms with Gasteiger partial charge in [0, 0.05) is 6.61 Å². The summed E-state index contributed by atoms with van der Waals surface area (Å²) in [5.74, 6) is 0. The molecule has 0 spiro atoms. The summed E-state index contributed by atoms with van der Waals surface area (Å²) in [6.45, 7) is 16.4. The third kappa shape index (κ3) is 7.60. The molecule has 0 radical (unpaired) electrons. The first-order valence-electron chi connectivity index (χ1n) is 4.28. The number of hydrogen-bond acceptors (Lipinski definition) is 1. The highest BCUT2D eigenvalue weighted by Gasteiger charge is 2.22. The molecule has 0 amide bonds. The fourth-order valence-corrected chi connectivity index (χ4v) is 0.769. The van der Waals surface area contributed by atoms with Gasteiger partial charge in [0.1, 0.15) is 0 Å². The summed E-state index contributed by atoms with van der Waals surface area (Å²) in [6.07, 6.45) is 1.23. The highest BCUT2D eigenvalue weighted by Crippen LogP contribution is 2.25. The van der Waals surface area contributed by atoms with Gasteiger partial charge in [-0.2, -0.15) is 0 Å². The van der Waals surface area contributed by atoms with Crippen LogP contribution in [0.4, 0.5) is 0 Å². The molecule has 11 heavy (non-hydrogen) atoms. The molecule has 1 heterocycles. The SMILES string of the molecule is C=C.CC.CC1(C)CCOC1. The molecule has 1 nitrogen and oxygen atoms in total. The molecular weight excluding hydrogens is 136 g/mol. The third-order valence-electron chi connectivity index (χ3n) is 1.42. The van der Waals surface area contributed by atoms with E-state index in [0.717, 1.165) is 13.2 Å². The summed E-state index contributed by atoms with van der Waals surface area (Å²) in [4.78, 5) is 0. The van der Waals surface area contributed by atoms with Gasteiger partial charge in [0.15, 0.2) is 0 Å². The predicted octanol–water partition coefficient (Wildman–Crippen LogP) is 3.26. The van der Waals surface area contributed by atoms with E-state index in [0.29, 0.717) is 5.41 Å². The molecule has 0 atom stereocenters. The van der Waals surface area contributed by atoms with Gasteiger partial charge in [0.2, 0.25) is 0 Å². The minimum Gasteiger partial charge on any atom is -0.381 e. The van der Waals surface area contributed by atoms with Gasteiger partial charge in [-0.25, -0.2) is 0 Å². The average Bonchev–Trinajstić information content (AvgIpc) is 2.43. The van der Waals surface area contributed by atoms with Crippen LogP contribution in [0, 0.1) is 5.41 Å². The molecule has 0 aromatic rings. The lowest BCUT2D eigenvalue weighted by atomic mass is 9.94. The fourth-order valence-electron chi connectivity index (χ4n) is 0.769. The topological polar surface area (TPSA) is 9.23 Å².